The highest BCUT2D eigenvalue weighted by molar-refractivity contribution is 6.31. The first-order valence-electron chi connectivity index (χ1n) is 6.92. The van der Waals surface area contributed by atoms with Crippen molar-refractivity contribution in [3.8, 4) is 0 Å². The predicted octanol–water partition coefficient (Wildman–Crippen LogP) is 3.63. The van der Waals surface area contributed by atoms with Crippen molar-refractivity contribution in [1.82, 2.24) is 4.90 Å². The number of hydrogen-bond donors (Lipinski definition) is 1. The van der Waals surface area contributed by atoms with Crippen LogP contribution in [-0.2, 0) is 6.42 Å². The van der Waals surface area contributed by atoms with Crippen molar-refractivity contribution in [3.63, 3.8) is 0 Å². The maximum atomic E-state index is 12.3. The Morgan fingerprint density at radius 1 is 1.19 bits per heavy atom. The molecule has 0 atom stereocenters. The molecule has 0 bridgehead atoms. The van der Waals surface area contributed by atoms with Crippen molar-refractivity contribution < 1.29 is 4.79 Å². The molecule has 0 fully saturated rings. The summed E-state index contributed by atoms with van der Waals surface area (Å²) < 4.78 is 0. The van der Waals surface area contributed by atoms with E-state index in [9.17, 15) is 4.79 Å². The van der Waals surface area contributed by atoms with Gasteiger partial charge < -0.3 is 10.6 Å². The van der Waals surface area contributed by atoms with Gasteiger partial charge in [0.05, 0.1) is 0 Å². The van der Waals surface area contributed by atoms with E-state index in [0.29, 0.717) is 22.8 Å². The lowest BCUT2D eigenvalue weighted by Gasteiger charge is -2.17. The van der Waals surface area contributed by atoms with Crippen LogP contribution in [-0.4, -0.2) is 24.4 Å². The van der Waals surface area contributed by atoms with Crippen LogP contribution in [0.4, 0.5) is 5.69 Å². The number of nitrogen functional groups attached to an aromatic ring is 1. The molecule has 0 unspecified atom stereocenters. The highest BCUT2D eigenvalue weighted by atomic mass is 35.5. The average Bonchev–Trinajstić information content (AvgIpc) is 2.46. The van der Waals surface area contributed by atoms with Gasteiger partial charge >= 0.3 is 0 Å². The van der Waals surface area contributed by atoms with Crippen LogP contribution < -0.4 is 5.73 Å². The second-order valence-electron chi connectivity index (χ2n) is 5.09. The Balaban J connectivity index is 1.90. The van der Waals surface area contributed by atoms with Crippen LogP contribution in [0.15, 0.2) is 48.5 Å². The van der Waals surface area contributed by atoms with Crippen LogP contribution in [0.1, 0.15) is 22.3 Å². The number of rotatable bonds is 5. The molecule has 0 spiro atoms. The summed E-state index contributed by atoms with van der Waals surface area (Å²) in [5, 5.41) is 0.482. The van der Waals surface area contributed by atoms with E-state index in [4.69, 9.17) is 17.3 Å². The van der Waals surface area contributed by atoms with Crippen LogP contribution in [0.2, 0.25) is 5.02 Å². The van der Waals surface area contributed by atoms with E-state index in [1.807, 2.05) is 18.2 Å². The Bertz CT molecular complexity index is 593. The predicted molar refractivity (Wildman–Crippen MR) is 87.6 cm³/mol. The molecule has 2 aromatic rings. The van der Waals surface area contributed by atoms with Gasteiger partial charge in [-0.3, -0.25) is 4.79 Å². The zero-order valence-electron chi connectivity index (χ0n) is 12.1. The smallest absolute Gasteiger partial charge is 0.253 e. The quantitative estimate of drug-likeness (QED) is 0.857. The molecule has 0 heterocycles. The standard InChI is InChI=1S/C17H19ClN2O/c1-20(9-5-8-13-6-3-2-4-7-13)17(21)14-10-15(18)12-16(19)11-14/h2-4,6-7,10-12H,5,8-9,19H2,1H3. The Hall–Kier alpha value is -2.00. The minimum absolute atomic E-state index is 0.0581. The molecule has 4 heteroatoms. The number of carbonyl (C=O) groups is 1. The lowest BCUT2D eigenvalue weighted by atomic mass is 10.1. The molecule has 0 aliphatic rings. The van der Waals surface area contributed by atoms with Gasteiger partial charge in [0.1, 0.15) is 0 Å². The molecule has 2 N–H and O–H groups in total. The molecular formula is C17H19ClN2O. The topological polar surface area (TPSA) is 46.3 Å². The Kier molecular flexibility index (Phi) is 5.23. The molecule has 3 nitrogen and oxygen atoms in total. The van der Waals surface area contributed by atoms with Crippen LogP contribution >= 0.6 is 11.6 Å². The summed E-state index contributed by atoms with van der Waals surface area (Å²) in [5.74, 6) is -0.0581. The Morgan fingerprint density at radius 3 is 2.57 bits per heavy atom. The van der Waals surface area contributed by atoms with Gasteiger partial charge in [-0.05, 0) is 36.6 Å². The number of hydrogen-bond acceptors (Lipinski definition) is 2. The first-order chi connectivity index (χ1) is 10.1. The van der Waals surface area contributed by atoms with Crippen molar-refractivity contribution in [1.29, 1.82) is 0 Å². The summed E-state index contributed by atoms with van der Waals surface area (Å²) in [5.41, 5.74) is 8.03. The molecule has 21 heavy (non-hydrogen) atoms. The van der Waals surface area contributed by atoms with Crippen LogP contribution in [0.3, 0.4) is 0 Å². The van der Waals surface area contributed by atoms with Gasteiger partial charge in [-0.15, -0.1) is 0 Å². The maximum absolute atomic E-state index is 12.3. The zero-order chi connectivity index (χ0) is 15.2. The van der Waals surface area contributed by atoms with Gasteiger partial charge in [0, 0.05) is 29.9 Å². The number of carbonyl (C=O) groups excluding carboxylic acids is 1. The van der Waals surface area contributed by atoms with Crippen molar-refractivity contribution in [2.24, 2.45) is 0 Å². The van der Waals surface area contributed by atoms with Gasteiger partial charge in [0.15, 0.2) is 0 Å². The lowest BCUT2D eigenvalue weighted by molar-refractivity contribution is 0.0793. The molecule has 2 rings (SSSR count). The van der Waals surface area contributed by atoms with E-state index in [1.54, 1.807) is 30.1 Å². The van der Waals surface area contributed by atoms with Crippen molar-refractivity contribution in [2.75, 3.05) is 19.3 Å². The SMILES string of the molecule is CN(CCCc1ccccc1)C(=O)c1cc(N)cc(Cl)c1. The summed E-state index contributed by atoms with van der Waals surface area (Å²) in [4.78, 5) is 14.0. The Labute approximate surface area is 130 Å². The number of nitrogens with zero attached hydrogens (tertiary/aromatic N) is 1. The molecule has 1 amide bonds. The summed E-state index contributed by atoms with van der Waals surface area (Å²) in [7, 11) is 1.80. The first kappa shape index (κ1) is 15.4. The third-order valence-electron chi connectivity index (χ3n) is 3.32. The molecule has 2 aromatic carbocycles. The first-order valence-corrected chi connectivity index (χ1v) is 7.29. The number of halogens is 1. The van der Waals surface area contributed by atoms with Crippen LogP contribution in [0.5, 0.6) is 0 Å². The third kappa shape index (κ3) is 4.50. The van der Waals surface area contributed by atoms with E-state index in [2.05, 4.69) is 12.1 Å². The minimum Gasteiger partial charge on any atom is -0.399 e. The summed E-state index contributed by atoms with van der Waals surface area (Å²) in [6.45, 7) is 0.695. The third-order valence-corrected chi connectivity index (χ3v) is 3.53. The zero-order valence-corrected chi connectivity index (χ0v) is 12.8. The van der Waals surface area contributed by atoms with Gasteiger partial charge in [-0.2, -0.15) is 0 Å². The van der Waals surface area contributed by atoms with Gasteiger partial charge in [-0.25, -0.2) is 0 Å². The molecule has 110 valence electrons. The average molecular weight is 303 g/mol. The Morgan fingerprint density at radius 2 is 1.90 bits per heavy atom. The van der Waals surface area contributed by atoms with E-state index >= 15 is 0 Å². The minimum atomic E-state index is -0.0581. The van der Waals surface area contributed by atoms with Gasteiger partial charge in [0.25, 0.3) is 5.91 Å². The summed E-state index contributed by atoms with van der Waals surface area (Å²) in [6.07, 6.45) is 1.87. The van der Waals surface area contributed by atoms with Crippen molar-refractivity contribution >= 4 is 23.2 Å². The number of benzene rings is 2. The summed E-state index contributed by atoms with van der Waals surface area (Å²) in [6, 6.07) is 15.2. The molecule has 0 radical (unpaired) electrons. The molecule has 0 saturated carbocycles. The molecule has 0 aliphatic heterocycles. The highest BCUT2D eigenvalue weighted by Gasteiger charge is 2.12. The van der Waals surface area contributed by atoms with Crippen LogP contribution in [0, 0.1) is 0 Å². The number of aryl methyl sites for hydroxylation is 1. The molecule has 0 aromatic heterocycles. The van der Waals surface area contributed by atoms with Gasteiger partial charge in [0.2, 0.25) is 0 Å². The fourth-order valence-electron chi connectivity index (χ4n) is 2.22. The van der Waals surface area contributed by atoms with E-state index in [1.165, 1.54) is 5.56 Å². The summed E-state index contributed by atoms with van der Waals surface area (Å²) >= 11 is 5.93. The van der Waals surface area contributed by atoms with Gasteiger partial charge in [-0.1, -0.05) is 41.9 Å². The fourth-order valence-corrected chi connectivity index (χ4v) is 2.47. The van der Waals surface area contributed by atoms with Crippen LogP contribution in [0.25, 0.3) is 0 Å². The van der Waals surface area contributed by atoms with E-state index in [-0.39, 0.29) is 5.91 Å². The number of anilines is 1. The normalized spacial score (nSPS) is 10.4. The second kappa shape index (κ2) is 7.14. The maximum Gasteiger partial charge on any atom is 0.253 e. The second-order valence-corrected chi connectivity index (χ2v) is 5.53. The highest BCUT2D eigenvalue weighted by Crippen LogP contribution is 2.18. The monoisotopic (exact) mass is 302 g/mol. The van der Waals surface area contributed by atoms with E-state index < -0.39 is 0 Å². The largest absolute Gasteiger partial charge is 0.399 e. The molecule has 0 aliphatic carbocycles. The lowest BCUT2D eigenvalue weighted by Crippen LogP contribution is -2.28. The van der Waals surface area contributed by atoms with Crippen molar-refractivity contribution in [2.45, 2.75) is 12.8 Å². The molecular weight excluding hydrogens is 284 g/mol. The number of nitrogens with two attached hydrogens (primary N) is 1. The number of amides is 1. The van der Waals surface area contributed by atoms with E-state index in [0.717, 1.165) is 12.8 Å². The van der Waals surface area contributed by atoms with Crippen molar-refractivity contribution in [3.05, 3.63) is 64.7 Å². The molecule has 0 saturated heterocycles. The fraction of sp³-hybridized carbons (Fsp3) is 0.235.